The summed E-state index contributed by atoms with van der Waals surface area (Å²) in [5.74, 6) is 0.236. The number of nitrogens with one attached hydrogen (secondary N) is 2. The lowest BCUT2D eigenvalue weighted by Crippen LogP contribution is -2.39. The van der Waals surface area contributed by atoms with Crippen molar-refractivity contribution in [2.75, 3.05) is 11.9 Å². The van der Waals surface area contributed by atoms with Crippen LogP contribution in [0.2, 0.25) is 0 Å². The van der Waals surface area contributed by atoms with Crippen LogP contribution in [-0.4, -0.2) is 27.2 Å². The van der Waals surface area contributed by atoms with E-state index in [0.717, 1.165) is 29.2 Å². The molecule has 3 aromatic rings. The highest BCUT2D eigenvalue weighted by Crippen LogP contribution is 2.37. The third-order valence-electron chi connectivity index (χ3n) is 4.99. The summed E-state index contributed by atoms with van der Waals surface area (Å²) in [6, 6.07) is 9.44. The first-order valence-electron chi connectivity index (χ1n) is 10.2. The molecule has 1 aromatic heterocycles. The van der Waals surface area contributed by atoms with E-state index < -0.39 is 17.9 Å². The molecule has 0 saturated heterocycles. The van der Waals surface area contributed by atoms with E-state index in [1.54, 1.807) is 25.1 Å². The van der Waals surface area contributed by atoms with Crippen molar-refractivity contribution in [1.82, 2.24) is 9.69 Å². The van der Waals surface area contributed by atoms with Gasteiger partial charge >= 0.3 is 6.18 Å². The Hall–Kier alpha value is -2.86. The number of nitrogens with zero attached hydrogens (tertiary/aromatic N) is 1. The van der Waals surface area contributed by atoms with Crippen LogP contribution in [0.5, 0.6) is 17.4 Å². The molecule has 0 spiro atoms. The van der Waals surface area contributed by atoms with Crippen LogP contribution in [0.1, 0.15) is 36.2 Å². The van der Waals surface area contributed by atoms with Crippen LogP contribution in [-0.2, 0) is 6.18 Å². The Labute approximate surface area is 193 Å². The number of hydrogen-bond acceptors (Lipinski definition) is 8. The van der Waals surface area contributed by atoms with E-state index in [9.17, 15) is 23.4 Å². The summed E-state index contributed by atoms with van der Waals surface area (Å²) >= 11 is 1.03. The molecule has 6 N–H and O–H groups in total. The Morgan fingerprint density at radius 1 is 1.18 bits per heavy atom. The maximum atomic E-state index is 12.9. The Morgan fingerprint density at radius 2 is 1.91 bits per heavy atom. The summed E-state index contributed by atoms with van der Waals surface area (Å²) < 4.78 is 48.3. The summed E-state index contributed by atoms with van der Waals surface area (Å²) in [5.41, 5.74) is 7.19. The van der Waals surface area contributed by atoms with Gasteiger partial charge < -0.3 is 26.0 Å². The van der Waals surface area contributed by atoms with Crippen LogP contribution in [0.15, 0.2) is 42.5 Å². The summed E-state index contributed by atoms with van der Waals surface area (Å²) in [4.78, 5) is 0. The van der Waals surface area contributed by atoms with Crippen LogP contribution in [0.3, 0.4) is 0 Å². The molecule has 11 heteroatoms. The van der Waals surface area contributed by atoms with Crippen LogP contribution in [0.4, 0.5) is 23.9 Å². The van der Waals surface area contributed by atoms with Gasteiger partial charge in [-0.1, -0.05) is 13.0 Å². The van der Waals surface area contributed by atoms with Gasteiger partial charge in [-0.2, -0.15) is 17.5 Å². The van der Waals surface area contributed by atoms with Gasteiger partial charge in [0.15, 0.2) is 0 Å². The van der Waals surface area contributed by atoms with Crippen molar-refractivity contribution in [3.63, 3.8) is 0 Å². The fourth-order valence-electron chi connectivity index (χ4n) is 3.13. The first kappa shape index (κ1) is 24.8. The molecule has 2 aromatic carbocycles. The first-order chi connectivity index (χ1) is 15.6. The molecule has 33 heavy (non-hydrogen) atoms. The molecular weight excluding hydrogens is 457 g/mol. The average Bonchev–Trinajstić information content (AvgIpc) is 3.13. The lowest BCUT2D eigenvalue weighted by molar-refractivity contribution is -0.137. The minimum Gasteiger partial charge on any atom is -0.492 e. The van der Waals surface area contributed by atoms with E-state index in [-0.39, 0.29) is 24.3 Å². The third kappa shape index (κ3) is 6.14. The summed E-state index contributed by atoms with van der Waals surface area (Å²) in [5, 5.41) is 26.3. The topological polar surface area (TPSA) is 113 Å². The van der Waals surface area contributed by atoms with Gasteiger partial charge in [0.2, 0.25) is 5.88 Å². The van der Waals surface area contributed by atoms with Gasteiger partial charge in [0.1, 0.15) is 16.5 Å². The number of halogens is 3. The molecule has 2 atom stereocenters. The number of rotatable bonds is 9. The molecule has 7 nitrogen and oxygen atoms in total. The lowest BCUT2D eigenvalue weighted by atomic mass is 10.1. The number of nitrogens with two attached hydrogens (primary N) is 1. The second kappa shape index (κ2) is 10.4. The van der Waals surface area contributed by atoms with Crippen molar-refractivity contribution < 1.29 is 28.1 Å². The van der Waals surface area contributed by atoms with Crippen molar-refractivity contribution in [3.05, 3.63) is 59.2 Å². The summed E-state index contributed by atoms with van der Waals surface area (Å²) in [6.45, 7) is 3.61. The van der Waals surface area contributed by atoms with Crippen molar-refractivity contribution in [2.45, 2.75) is 38.7 Å². The number of ether oxygens (including phenoxy) is 1. The van der Waals surface area contributed by atoms with E-state index in [2.05, 4.69) is 15.0 Å². The number of aliphatic hydroxyl groups is 1. The monoisotopic (exact) mass is 482 g/mol. The van der Waals surface area contributed by atoms with Crippen LogP contribution >= 0.6 is 11.5 Å². The molecule has 0 amide bonds. The zero-order valence-corrected chi connectivity index (χ0v) is 18.8. The van der Waals surface area contributed by atoms with E-state index >= 15 is 0 Å². The minimum atomic E-state index is -4.45. The highest BCUT2D eigenvalue weighted by atomic mass is 32.1. The van der Waals surface area contributed by atoms with Crippen LogP contribution in [0.25, 0.3) is 0 Å². The second-order valence-corrected chi connectivity index (χ2v) is 8.18. The summed E-state index contributed by atoms with van der Waals surface area (Å²) in [6.07, 6.45) is -4.56. The van der Waals surface area contributed by atoms with Gasteiger partial charge in [-0.3, -0.25) is 5.32 Å². The molecule has 0 aliphatic rings. The van der Waals surface area contributed by atoms with Crippen LogP contribution in [0, 0.1) is 6.92 Å². The number of aryl methyl sites for hydroxylation is 1. The molecule has 0 aliphatic heterocycles. The highest BCUT2D eigenvalue weighted by molar-refractivity contribution is 7.10. The molecule has 1 unspecified atom stereocenters. The maximum Gasteiger partial charge on any atom is 0.416 e. The number of anilines is 2. The van der Waals surface area contributed by atoms with Gasteiger partial charge in [-0.05, 0) is 66.8 Å². The number of benzene rings is 2. The fraction of sp³-hybridized carbons (Fsp3) is 0.318. The van der Waals surface area contributed by atoms with Crippen molar-refractivity contribution in [3.8, 4) is 17.4 Å². The standard InChI is InChI=1S/C22H25F3N4O3S/c1-3-14(11-30)27-19(26)18-20(31)29-33-21(18)28-17-8-7-16(9-12(17)2)32-15-6-4-5-13(10-15)22(23,24)25/h4-10,14,19,27-28,30H,3,11,26H2,1-2H3,(H,29,31)/t14-,19?/m0/s1. The molecule has 1 heterocycles. The number of aliphatic hydroxyl groups excluding tert-OH is 1. The number of aromatic hydroxyl groups is 1. The molecule has 0 radical (unpaired) electrons. The SMILES string of the molecule is CC[C@@H](CO)NC(N)c1c(O)nsc1Nc1ccc(Oc2cccc(C(F)(F)F)c2)cc1C. The second-order valence-electron chi connectivity index (χ2n) is 7.41. The highest BCUT2D eigenvalue weighted by Gasteiger charge is 2.30. The zero-order valence-electron chi connectivity index (χ0n) is 18.0. The van der Waals surface area contributed by atoms with Crippen LogP contribution < -0.4 is 21.1 Å². The molecule has 0 bridgehead atoms. The maximum absolute atomic E-state index is 12.9. The van der Waals surface area contributed by atoms with Crippen molar-refractivity contribution >= 4 is 22.2 Å². The van der Waals surface area contributed by atoms with Crippen molar-refractivity contribution in [2.24, 2.45) is 5.73 Å². The quantitative estimate of drug-likeness (QED) is 0.272. The smallest absolute Gasteiger partial charge is 0.416 e. The Kier molecular flexibility index (Phi) is 7.80. The number of aromatic nitrogens is 1. The predicted octanol–water partition coefficient (Wildman–Crippen LogP) is 5.03. The van der Waals surface area contributed by atoms with Crippen molar-refractivity contribution in [1.29, 1.82) is 0 Å². The zero-order chi connectivity index (χ0) is 24.2. The first-order valence-corrected chi connectivity index (χ1v) is 10.9. The number of hydrogen-bond donors (Lipinski definition) is 5. The molecular formula is C22H25F3N4O3S. The van der Waals surface area contributed by atoms with E-state index in [1.807, 2.05) is 6.92 Å². The Bertz CT molecular complexity index is 1090. The minimum absolute atomic E-state index is 0.0750. The average molecular weight is 483 g/mol. The van der Waals surface area contributed by atoms with E-state index in [1.165, 1.54) is 12.1 Å². The largest absolute Gasteiger partial charge is 0.492 e. The number of alkyl halides is 3. The van der Waals surface area contributed by atoms with Gasteiger partial charge in [-0.15, -0.1) is 0 Å². The molecule has 0 fully saturated rings. The van der Waals surface area contributed by atoms with E-state index in [0.29, 0.717) is 28.4 Å². The molecule has 0 aliphatic carbocycles. The fourth-order valence-corrected chi connectivity index (χ4v) is 3.88. The summed E-state index contributed by atoms with van der Waals surface area (Å²) in [7, 11) is 0. The third-order valence-corrected chi connectivity index (χ3v) is 5.76. The van der Waals surface area contributed by atoms with Gasteiger partial charge in [-0.25, -0.2) is 0 Å². The normalized spacial score (nSPS) is 13.5. The predicted molar refractivity (Wildman–Crippen MR) is 121 cm³/mol. The Balaban J connectivity index is 1.77. The van der Waals surface area contributed by atoms with E-state index in [4.69, 9.17) is 10.5 Å². The molecule has 0 saturated carbocycles. The van der Waals surface area contributed by atoms with Gasteiger partial charge in [0.25, 0.3) is 0 Å². The molecule has 178 valence electrons. The van der Waals surface area contributed by atoms with Gasteiger partial charge in [0.05, 0.1) is 23.9 Å². The Morgan fingerprint density at radius 3 is 2.55 bits per heavy atom. The van der Waals surface area contributed by atoms with Gasteiger partial charge in [0, 0.05) is 11.7 Å². The molecule has 3 rings (SSSR count). The lowest BCUT2D eigenvalue weighted by Gasteiger charge is -2.21.